The number of ether oxygens (including phenoxy) is 1. The Kier molecular flexibility index (Phi) is 4.22. The zero-order valence-electron chi connectivity index (χ0n) is 9.14. The van der Waals surface area contributed by atoms with Gasteiger partial charge in [-0.3, -0.25) is 10.1 Å². The summed E-state index contributed by atoms with van der Waals surface area (Å²) in [5.74, 6) is -0.624. The molecule has 0 aliphatic carbocycles. The zero-order chi connectivity index (χ0) is 13.0. The molecule has 92 valence electrons. The Balaban J connectivity index is 3.00. The van der Waals surface area contributed by atoms with E-state index < -0.39 is 16.9 Å². The van der Waals surface area contributed by atoms with Crippen LogP contribution in [0.15, 0.2) is 12.1 Å². The first kappa shape index (κ1) is 13.2. The summed E-state index contributed by atoms with van der Waals surface area (Å²) in [5, 5.41) is 13.4. The lowest BCUT2D eigenvalue weighted by Crippen LogP contribution is -2.28. The minimum absolute atomic E-state index is 0.0691. The van der Waals surface area contributed by atoms with E-state index in [1.807, 2.05) is 0 Å². The highest BCUT2D eigenvalue weighted by molar-refractivity contribution is 6.29. The van der Waals surface area contributed by atoms with Gasteiger partial charge in [0.05, 0.1) is 12.0 Å². The molecule has 0 aromatic carbocycles. The number of carbonyl (C=O) groups is 1. The molecule has 0 bridgehead atoms. The third kappa shape index (κ3) is 3.28. The molecule has 1 aromatic heterocycles. The highest BCUT2D eigenvalue weighted by Crippen LogP contribution is 2.24. The fourth-order valence-electron chi connectivity index (χ4n) is 1.12. The quantitative estimate of drug-likeness (QED) is 0.382. The van der Waals surface area contributed by atoms with E-state index in [0.717, 1.165) is 0 Å². The third-order valence-corrected chi connectivity index (χ3v) is 2.16. The van der Waals surface area contributed by atoms with E-state index >= 15 is 0 Å². The summed E-state index contributed by atoms with van der Waals surface area (Å²) in [6, 6.07) is 1.75. The number of nitrogens with one attached hydrogen (secondary N) is 1. The number of methoxy groups -OCH3 is 1. The van der Waals surface area contributed by atoms with Gasteiger partial charge in [-0.1, -0.05) is 11.6 Å². The number of hydrogen-bond acceptors (Lipinski definition) is 6. The van der Waals surface area contributed by atoms with Crippen LogP contribution in [0.5, 0.6) is 0 Å². The van der Waals surface area contributed by atoms with Gasteiger partial charge in [0.15, 0.2) is 0 Å². The van der Waals surface area contributed by atoms with E-state index in [9.17, 15) is 14.9 Å². The molecule has 0 spiro atoms. The standard InChI is InChI=1S/C9H10ClN3O4/c1-5(9(14)17-2)11-8-6(13(15)16)3-4-7(10)12-8/h3-5H,1-2H3,(H,11,12)/t5-/m0/s1. The van der Waals surface area contributed by atoms with Crippen LogP contribution >= 0.6 is 11.6 Å². The van der Waals surface area contributed by atoms with Crippen molar-refractivity contribution in [3.05, 3.63) is 27.4 Å². The topological polar surface area (TPSA) is 94.4 Å². The van der Waals surface area contributed by atoms with Crippen LogP contribution in [0.2, 0.25) is 5.15 Å². The molecule has 17 heavy (non-hydrogen) atoms. The van der Waals surface area contributed by atoms with Crippen molar-refractivity contribution in [3.63, 3.8) is 0 Å². The number of carbonyl (C=O) groups excluding carboxylic acids is 1. The van der Waals surface area contributed by atoms with Crippen molar-refractivity contribution in [2.24, 2.45) is 0 Å². The molecule has 1 rings (SSSR count). The molecular formula is C9H10ClN3O4. The van der Waals surface area contributed by atoms with Crippen molar-refractivity contribution in [1.29, 1.82) is 0 Å². The fraction of sp³-hybridized carbons (Fsp3) is 0.333. The Labute approximate surface area is 102 Å². The Hall–Kier alpha value is -1.89. The predicted molar refractivity (Wildman–Crippen MR) is 61.0 cm³/mol. The second-order valence-electron chi connectivity index (χ2n) is 3.15. The predicted octanol–water partition coefficient (Wildman–Crippen LogP) is 1.62. The molecule has 0 saturated carbocycles. The zero-order valence-corrected chi connectivity index (χ0v) is 9.89. The van der Waals surface area contributed by atoms with Gasteiger partial charge in [-0.15, -0.1) is 0 Å². The summed E-state index contributed by atoms with van der Waals surface area (Å²) in [6.45, 7) is 1.50. The van der Waals surface area contributed by atoms with Gasteiger partial charge in [-0.2, -0.15) is 0 Å². The van der Waals surface area contributed by atoms with Gasteiger partial charge in [0.1, 0.15) is 11.2 Å². The van der Waals surface area contributed by atoms with Crippen molar-refractivity contribution in [2.75, 3.05) is 12.4 Å². The minimum Gasteiger partial charge on any atom is -0.467 e. The second-order valence-corrected chi connectivity index (χ2v) is 3.54. The molecule has 7 nitrogen and oxygen atoms in total. The Bertz CT molecular complexity index is 452. The third-order valence-electron chi connectivity index (χ3n) is 1.94. The van der Waals surface area contributed by atoms with Gasteiger partial charge >= 0.3 is 11.7 Å². The highest BCUT2D eigenvalue weighted by atomic mass is 35.5. The van der Waals surface area contributed by atoms with Crippen LogP contribution in [0.3, 0.4) is 0 Å². The summed E-state index contributed by atoms with van der Waals surface area (Å²) in [6.07, 6.45) is 0. The van der Waals surface area contributed by atoms with Crippen molar-refractivity contribution < 1.29 is 14.5 Å². The lowest BCUT2D eigenvalue weighted by molar-refractivity contribution is -0.384. The normalized spacial score (nSPS) is 11.7. The Morgan fingerprint density at radius 2 is 2.29 bits per heavy atom. The van der Waals surface area contributed by atoms with E-state index in [1.165, 1.54) is 26.2 Å². The summed E-state index contributed by atoms with van der Waals surface area (Å²) in [7, 11) is 1.22. The smallest absolute Gasteiger partial charge is 0.328 e. The summed E-state index contributed by atoms with van der Waals surface area (Å²) in [4.78, 5) is 25.0. The number of nitro groups is 1. The highest BCUT2D eigenvalue weighted by Gasteiger charge is 2.20. The van der Waals surface area contributed by atoms with Gasteiger partial charge in [0, 0.05) is 6.07 Å². The summed E-state index contributed by atoms with van der Waals surface area (Å²) >= 11 is 5.63. The number of nitrogens with zero attached hydrogens (tertiary/aromatic N) is 2. The minimum atomic E-state index is -0.760. The molecule has 1 heterocycles. The number of anilines is 1. The average Bonchev–Trinajstić information content (AvgIpc) is 2.27. The molecule has 0 amide bonds. The van der Waals surface area contributed by atoms with Crippen LogP contribution in [0, 0.1) is 10.1 Å². The maximum Gasteiger partial charge on any atom is 0.328 e. The summed E-state index contributed by atoms with van der Waals surface area (Å²) in [5.41, 5.74) is -0.259. The molecule has 1 N–H and O–H groups in total. The van der Waals surface area contributed by atoms with Crippen molar-refractivity contribution >= 4 is 29.1 Å². The number of aromatic nitrogens is 1. The molecule has 0 radical (unpaired) electrons. The first-order chi connectivity index (χ1) is 7.95. The van der Waals surface area contributed by atoms with Gasteiger partial charge < -0.3 is 10.1 Å². The number of esters is 1. The molecule has 8 heteroatoms. The van der Waals surface area contributed by atoms with E-state index in [1.54, 1.807) is 0 Å². The van der Waals surface area contributed by atoms with Crippen molar-refractivity contribution in [3.8, 4) is 0 Å². The first-order valence-corrected chi connectivity index (χ1v) is 4.98. The molecule has 0 fully saturated rings. The molecule has 0 aliphatic heterocycles. The number of halogens is 1. The monoisotopic (exact) mass is 259 g/mol. The first-order valence-electron chi connectivity index (χ1n) is 4.61. The van der Waals surface area contributed by atoms with Gasteiger partial charge in [0.2, 0.25) is 5.82 Å². The van der Waals surface area contributed by atoms with Crippen LogP contribution in [-0.4, -0.2) is 29.0 Å². The van der Waals surface area contributed by atoms with Crippen molar-refractivity contribution in [2.45, 2.75) is 13.0 Å². The Morgan fingerprint density at radius 3 is 2.82 bits per heavy atom. The number of rotatable bonds is 4. The van der Waals surface area contributed by atoms with Crippen LogP contribution < -0.4 is 5.32 Å². The molecule has 0 unspecified atom stereocenters. The van der Waals surface area contributed by atoms with Gasteiger partial charge in [0.25, 0.3) is 0 Å². The number of pyridine rings is 1. The van der Waals surface area contributed by atoms with E-state index in [4.69, 9.17) is 11.6 Å². The van der Waals surface area contributed by atoms with E-state index in [2.05, 4.69) is 15.0 Å². The molecule has 1 aromatic rings. The SMILES string of the molecule is COC(=O)[C@H](C)Nc1nc(Cl)ccc1[N+](=O)[O-]. The molecule has 0 aliphatic rings. The fourth-order valence-corrected chi connectivity index (χ4v) is 1.27. The van der Waals surface area contributed by atoms with E-state index in [-0.39, 0.29) is 16.7 Å². The average molecular weight is 260 g/mol. The molecule has 0 saturated heterocycles. The maximum atomic E-state index is 11.2. The van der Waals surface area contributed by atoms with Gasteiger partial charge in [-0.25, -0.2) is 9.78 Å². The largest absolute Gasteiger partial charge is 0.467 e. The van der Waals surface area contributed by atoms with Crippen LogP contribution in [0.25, 0.3) is 0 Å². The second kappa shape index (κ2) is 5.44. The van der Waals surface area contributed by atoms with Crippen LogP contribution in [0.1, 0.15) is 6.92 Å². The van der Waals surface area contributed by atoms with Crippen LogP contribution in [-0.2, 0) is 9.53 Å². The lowest BCUT2D eigenvalue weighted by atomic mass is 10.3. The van der Waals surface area contributed by atoms with Gasteiger partial charge in [-0.05, 0) is 13.0 Å². The van der Waals surface area contributed by atoms with E-state index in [0.29, 0.717) is 0 Å². The molecule has 1 atom stereocenters. The Morgan fingerprint density at radius 1 is 1.65 bits per heavy atom. The summed E-state index contributed by atoms with van der Waals surface area (Å²) < 4.78 is 4.48. The van der Waals surface area contributed by atoms with Crippen LogP contribution in [0.4, 0.5) is 11.5 Å². The lowest BCUT2D eigenvalue weighted by Gasteiger charge is -2.12. The maximum absolute atomic E-state index is 11.2. The van der Waals surface area contributed by atoms with Crippen molar-refractivity contribution in [1.82, 2.24) is 4.98 Å². The number of hydrogen-bond donors (Lipinski definition) is 1. The molecular weight excluding hydrogens is 250 g/mol.